The molecular weight excluding hydrogens is 393 g/mol. The zero-order valence-corrected chi connectivity index (χ0v) is 17.4. The molecule has 2 aromatic carbocycles. The summed E-state index contributed by atoms with van der Waals surface area (Å²) in [7, 11) is 1.73. The third-order valence-electron chi connectivity index (χ3n) is 4.53. The molecule has 0 aliphatic carbocycles. The summed E-state index contributed by atoms with van der Waals surface area (Å²) in [5.74, 6) is 0.293. The standard InChI is InChI=1S/C22H23ClFN3O2/c1-4-29-19-11-7-16(8-12-19)13-26(3)22(28)20-15(2)25-27(21(20)23)14-17-5-9-18(24)10-6-17/h5-12H,4,13-14H2,1-3H3. The minimum Gasteiger partial charge on any atom is -0.494 e. The van der Waals surface area contributed by atoms with Gasteiger partial charge in [0.2, 0.25) is 0 Å². The van der Waals surface area contributed by atoms with E-state index in [0.717, 1.165) is 16.9 Å². The monoisotopic (exact) mass is 415 g/mol. The van der Waals surface area contributed by atoms with Crippen molar-refractivity contribution in [2.75, 3.05) is 13.7 Å². The molecule has 3 aromatic rings. The van der Waals surface area contributed by atoms with Gasteiger partial charge in [-0.1, -0.05) is 35.9 Å². The second-order valence-corrected chi connectivity index (χ2v) is 7.13. The fourth-order valence-electron chi connectivity index (χ4n) is 3.06. The summed E-state index contributed by atoms with van der Waals surface area (Å²) >= 11 is 6.47. The fraction of sp³-hybridized carbons (Fsp3) is 0.273. The van der Waals surface area contributed by atoms with Crippen molar-refractivity contribution in [3.63, 3.8) is 0 Å². The summed E-state index contributed by atoms with van der Waals surface area (Å²) in [5, 5.41) is 4.67. The molecular formula is C22H23ClFN3O2. The zero-order valence-electron chi connectivity index (χ0n) is 16.7. The molecule has 0 fully saturated rings. The van der Waals surface area contributed by atoms with Crippen molar-refractivity contribution in [3.8, 4) is 5.75 Å². The average molecular weight is 416 g/mol. The molecule has 0 unspecified atom stereocenters. The van der Waals surface area contributed by atoms with Gasteiger partial charge in [0.25, 0.3) is 5.91 Å². The quantitative estimate of drug-likeness (QED) is 0.561. The number of halogens is 2. The molecule has 1 aromatic heterocycles. The predicted octanol–water partition coefficient (Wildman–Crippen LogP) is 4.70. The van der Waals surface area contributed by atoms with Crippen LogP contribution in [0.15, 0.2) is 48.5 Å². The molecule has 0 saturated carbocycles. The molecule has 0 radical (unpaired) electrons. The van der Waals surface area contributed by atoms with Crippen molar-refractivity contribution in [2.45, 2.75) is 26.9 Å². The molecule has 0 aliphatic heterocycles. The molecule has 0 atom stereocenters. The number of benzene rings is 2. The van der Waals surface area contributed by atoms with Crippen molar-refractivity contribution >= 4 is 17.5 Å². The van der Waals surface area contributed by atoms with E-state index in [1.807, 2.05) is 31.2 Å². The van der Waals surface area contributed by atoms with Gasteiger partial charge in [0.05, 0.1) is 24.4 Å². The highest BCUT2D eigenvalue weighted by molar-refractivity contribution is 6.33. The van der Waals surface area contributed by atoms with E-state index in [-0.39, 0.29) is 16.9 Å². The first-order valence-electron chi connectivity index (χ1n) is 9.33. The summed E-state index contributed by atoms with van der Waals surface area (Å²) in [5.41, 5.74) is 2.76. The van der Waals surface area contributed by atoms with E-state index in [1.54, 1.807) is 35.7 Å². The third-order valence-corrected chi connectivity index (χ3v) is 4.91. The van der Waals surface area contributed by atoms with Gasteiger partial charge in [0, 0.05) is 13.6 Å². The lowest BCUT2D eigenvalue weighted by atomic mass is 10.2. The Balaban J connectivity index is 1.74. The Hall–Kier alpha value is -2.86. The molecule has 0 aliphatic rings. The molecule has 0 N–H and O–H groups in total. The maximum Gasteiger partial charge on any atom is 0.258 e. The van der Waals surface area contributed by atoms with Gasteiger partial charge in [0.15, 0.2) is 0 Å². The molecule has 1 amide bonds. The van der Waals surface area contributed by atoms with Crippen LogP contribution < -0.4 is 4.74 Å². The van der Waals surface area contributed by atoms with Gasteiger partial charge < -0.3 is 9.64 Å². The number of aryl methyl sites for hydroxylation is 1. The van der Waals surface area contributed by atoms with Crippen LogP contribution in [0.5, 0.6) is 5.75 Å². The Bertz CT molecular complexity index is 985. The van der Waals surface area contributed by atoms with Crippen LogP contribution in [0.2, 0.25) is 5.15 Å². The lowest BCUT2D eigenvalue weighted by Gasteiger charge is -2.17. The molecule has 5 nitrogen and oxygen atoms in total. The molecule has 29 heavy (non-hydrogen) atoms. The summed E-state index contributed by atoms with van der Waals surface area (Å²) in [6.45, 7) is 5.09. The van der Waals surface area contributed by atoms with Gasteiger partial charge in [-0.05, 0) is 49.2 Å². The van der Waals surface area contributed by atoms with Crippen molar-refractivity contribution in [3.05, 3.63) is 81.9 Å². The maximum atomic E-state index is 13.1. The number of hydrogen-bond donors (Lipinski definition) is 0. The second kappa shape index (κ2) is 9.09. The smallest absolute Gasteiger partial charge is 0.258 e. The summed E-state index contributed by atoms with van der Waals surface area (Å²) in [4.78, 5) is 14.6. The second-order valence-electron chi connectivity index (χ2n) is 6.77. The van der Waals surface area contributed by atoms with E-state index in [0.29, 0.717) is 31.0 Å². The highest BCUT2D eigenvalue weighted by Crippen LogP contribution is 2.23. The van der Waals surface area contributed by atoms with E-state index in [2.05, 4.69) is 5.10 Å². The van der Waals surface area contributed by atoms with Crippen molar-refractivity contribution in [1.82, 2.24) is 14.7 Å². The minimum atomic E-state index is -0.303. The van der Waals surface area contributed by atoms with Gasteiger partial charge in [0.1, 0.15) is 16.7 Å². The normalized spacial score (nSPS) is 10.8. The number of hydrogen-bond acceptors (Lipinski definition) is 3. The van der Waals surface area contributed by atoms with E-state index >= 15 is 0 Å². The first kappa shape index (κ1) is 20.9. The number of amides is 1. The highest BCUT2D eigenvalue weighted by atomic mass is 35.5. The number of nitrogens with zero attached hydrogens (tertiary/aromatic N) is 3. The number of rotatable bonds is 7. The van der Waals surface area contributed by atoms with Crippen LogP contribution in [0.4, 0.5) is 4.39 Å². The van der Waals surface area contributed by atoms with E-state index in [1.165, 1.54) is 12.1 Å². The molecule has 152 valence electrons. The van der Waals surface area contributed by atoms with Crippen molar-refractivity contribution in [2.24, 2.45) is 0 Å². The largest absolute Gasteiger partial charge is 0.494 e. The van der Waals surface area contributed by atoms with Crippen LogP contribution in [0.1, 0.15) is 34.1 Å². The number of carbonyl (C=O) groups is 1. The number of carbonyl (C=O) groups excluding carboxylic acids is 1. The van der Waals surface area contributed by atoms with Gasteiger partial charge in [-0.2, -0.15) is 5.10 Å². The topological polar surface area (TPSA) is 47.4 Å². The van der Waals surface area contributed by atoms with Crippen LogP contribution >= 0.6 is 11.6 Å². The van der Waals surface area contributed by atoms with Crippen LogP contribution in [-0.4, -0.2) is 34.2 Å². The zero-order chi connectivity index (χ0) is 21.0. The minimum absolute atomic E-state index is 0.202. The summed E-state index contributed by atoms with van der Waals surface area (Å²) in [6, 6.07) is 13.7. The van der Waals surface area contributed by atoms with Gasteiger partial charge in [-0.15, -0.1) is 0 Å². The molecule has 3 rings (SSSR count). The molecule has 0 saturated heterocycles. The summed E-state index contributed by atoms with van der Waals surface area (Å²) in [6.07, 6.45) is 0. The van der Waals surface area contributed by atoms with Crippen molar-refractivity contribution < 1.29 is 13.9 Å². The lowest BCUT2D eigenvalue weighted by molar-refractivity contribution is 0.0784. The predicted molar refractivity (Wildman–Crippen MR) is 111 cm³/mol. The Morgan fingerprint density at radius 2 is 1.76 bits per heavy atom. The Morgan fingerprint density at radius 1 is 1.14 bits per heavy atom. The molecule has 1 heterocycles. The molecule has 0 spiro atoms. The van der Waals surface area contributed by atoms with Crippen molar-refractivity contribution in [1.29, 1.82) is 0 Å². The van der Waals surface area contributed by atoms with E-state index in [4.69, 9.17) is 16.3 Å². The molecule has 0 bridgehead atoms. The Morgan fingerprint density at radius 3 is 2.38 bits per heavy atom. The van der Waals surface area contributed by atoms with Gasteiger partial charge in [-0.3, -0.25) is 4.79 Å². The van der Waals surface area contributed by atoms with Crippen LogP contribution in [-0.2, 0) is 13.1 Å². The SMILES string of the molecule is CCOc1ccc(CN(C)C(=O)c2c(C)nn(Cc3ccc(F)cc3)c2Cl)cc1. The lowest BCUT2D eigenvalue weighted by Crippen LogP contribution is -2.26. The number of ether oxygens (including phenoxy) is 1. The molecule has 7 heteroatoms. The Labute approximate surface area is 174 Å². The summed E-state index contributed by atoms with van der Waals surface area (Å²) < 4.78 is 20.1. The average Bonchev–Trinajstić information content (AvgIpc) is 2.98. The van der Waals surface area contributed by atoms with Gasteiger partial charge >= 0.3 is 0 Å². The number of aromatic nitrogens is 2. The van der Waals surface area contributed by atoms with Gasteiger partial charge in [-0.25, -0.2) is 9.07 Å². The Kier molecular flexibility index (Phi) is 6.54. The van der Waals surface area contributed by atoms with E-state index in [9.17, 15) is 9.18 Å². The van der Waals surface area contributed by atoms with Crippen LogP contribution in [0.3, 0.4) is 0 Å². The first-order chi connectivity index (χ1) is 13.9. The third kappa shape index (κ3) is 4.95. The fourth-order valence-corrected chi connectivity index (χ4v) is 3.37. The highest BCUT2D eigenvalue weighted by Gasteiger charge is 2.23. The van der Waals surface area contributed by atoms with Crippen LogP contribution in [0, 0.1) is 12.7 Å². The maximum absolute atomic E-state index is 13.1. The van der Waals surface area contributed by atoms with E-state index < -0.39 is 0 Å². The van der Waals surface area contributed by atoms with Crippen LogP contribution in [0.25, 0.3) is 0 Å². The first-order valence-corrected chi connectivity index (χ1v) is 9.71.